The van der Waals surface area contributed by atoms with Gasteiger partial charge in [0.15, 0.2) is 0 Å². The Kier molecular flexibility index (Phi) is 10.9. The van der Waals surface area contributed by atoms with Gasteiger partial charge < -0.3 is 14.2 Å². The molecule has 0 N–H and O–H groups in total. The average molecular weight is 280 g/mol. The first-order chi connectivity index (χ1) is 9.60. The smallest absolute Gasteiger partial charge is 0.330 e. The van der Waals surface area contributed by atoms with Crippen molar-refractivity contribution >= 4 is 5.97 Å². The van der Waals surface area contributed by atoms with Gasteiger partial charge >= 0.3 is 5.97 Å². The lowest BCUT2D eigenvalue weighted by atomic mass is 10.2. The van der Waals surface area contributed by atoms with Gasteiger partial charge in [-0.05, 0) is 37.8 Å². The molecule has 0 atom stereocenters. The van der Waals surface area contributed by atoms with E-state index in [1.807, 2.05) is 0 Å². The van der Waals surface area contributed by atoms with Gasteiger partial charge in [0.25, 0.3) is 0 Å². The topological polar surface area (TPSA) is 44.8 Å². The Labute approximate surface area is 121 Å². The first kappa shape index (κ1) is 18.0. The van der Waals surface area contributed by atoms with E-state index in [1.54, 1.807) is 19.3 Å². The average Bonchev–Trinajstić information content (AvgIpc) is 2.46. The summed E-state index contributed by atoms with van der Waals surface area (Å²) in [6.07, 6.45) is 8.41. The number of rotatable bonds is 12. The van der Waals surface area contributed by atoms with Gasteiger partial charge in [0.2, 0.25) is 0 Å². The Morgan fingerprint density at radius 1 is 0.950 bits per heavy atom. The molecule has 0 spiro atoms. The SMILES string of the molecule is C=CC(=O)OCCCCCCOC(=C)/C=C\C(=C)OC. The minimum absolute atomic E-state index is 0.367. The van der Waals surface area contributed by atoms with Gasteiger partial charge in [0, 0.05) is 6.08 Å². The summed E-state index contributed by atoms with van der Waals surface area (Å²) in [5.41, 5.74) is 0. The highest BCUT2D eigenvalue weighted by Gasteiger charge is 1.96. The fourth-order valence-corrected chi connectivity index (χ4v) is 1.29. The number of hydrogen-bond donors (Lipinski definition) is 0. The minimum atomic E-state index is -0.367. The molecule has 0 aliphatic rings. The number of esters is 1. The van der Waals surface area contributed by atoms with E-state index in [0.717, 1.165) is 25.7 Å². The largest absolute Gasteiger partial charge is 0.497 e. The third-order valence-corrected chi connectivity index (χ3v) is 2.45. The van der Waals surface area contributed by atoms with E-state index >= 15 is 0 Å². The molecule has 0 aliphatic heterocycles. The van der Waals surface area contributed by atoms with Crippen LogP contribution in [0.4, 0.5) is 0 Å². The van der Waals surface area contributed by atoms with Crippen LogP contribution in [-0.4, -0.2) is 26.3 Å². The van der Waals surface area contributed by atoms with Gasteiger partial charge in [-0.2, -0.15) is 0 Å². The highest BCUT2D eigenvalue weighted by Crippen LogP contribution is 2.05. The molecule has 0 aromatic rings. The quantitative estimate of drug-likeness (QED) is 0.180. The van der Waals surface area contributed by atoms with E-state index in [4.69, 9.17) is 14.2 Å². The molecule has 112 valence electrons. The highest BCUT2D eigenvalue weighted by molar-refractivity contribution is 5.81. The molecule has 4 nitrogen and oxygen atoms in total. The monoisotopic (exact) mass is 280 g/mol. The summed E-state index contributed by atoms with van der Waals surface area (Å²) in [7, 11) is 1.56. The van der Waals surface area contributed by atoms with E-state index in [9.17, 15) is 4.79 Å². The molecule has 0 aromatic heterocycles. The van der Waals surface area contributed by atoms with Gasteiger partial charge in [-0.25, -0.2) is 4.79 Å². The molecule has 0 bridgehead atoms. The summed E-state index contributed by atoms with van der Waals surface area (Å²) in [6.45, 7) is 11.8. The van der Waals surface area contributed by atoms with Gasteiger partial charge in [-0.15, -0.1) is 0 Å². The molecule has 0 heterocycles. The zero-order valence-corrected chi connectivity index (χ0v) is 12.2. The summed E-state index contributed by atoms with van der Waals surface area (Å²) in [5.74, 6) is 0.779. The number of hydrogen-bond acceptors (Lipinski definition) is 4. The van der Waals surface area contributed by atoms with Crippen LogP contribution >= 0.6 is 0 Å². The van der Waals surface area contributed by atoms with E-state index in [2.05, 4.69) is 19.7 Å². The highest BCUT2D eigenvalue weighted by atomic mass is 16.5. The van der Waals surface area contributed by atoms with Crippen LogP contribution in [-0.2, 0) is 19.0 Å². The Balaban J connectivity index is 3.42. The van der Waals surface area contributed by atoms with Gasteiger partial charge in [-0.1, -0.05) is 19.7 Å². The van der Waals surface area contributed by atoms with Crippen LogP contribution in [0.3, 0.4) is 0 Å². The lowest BCUT2D eigenvalue weighted by Gasteiger charge is -2.06. The number of carbonyl (C=O) groups is 1. The molecule has 4 heteroatoms. The van der Waals surface area contributed by atoms with Crippen LogP contribution in [0.1, 0.15) is 25.7 Å². The lowest BCUT2D eigenvalue weighted by molar-refractivity contribution is -0.137. The van der Waals surface area contributed by atoms with Crippen molar-refractivity contribution in [3.8, 4) is 0 Å². The summed E-state index contributed by atoms with van der Waals surface area (Å²) >= 11 is 0. The second-order valence-corrected chi connectivity index (χ2v) is 4.10. The van der Waals surface area contributed by atoms with Crippen LogP contribution in [0.15, 0.2) is 49.5 Å². The maximum absolute atomic E-state index is 10.8. The Morgan fingerprint density at radius 2 is 1.50 bits per heavy atom. The minimum Gasteiger partial charge on any atom is -0.497 e. The molecule has 0 rings (SSSR count). The Hall–Kier alpha value is -1.97. The molecule has 0 saturated carbocycles. The van der Waals surface area contributed by atoms with Gasteiger partial charge in [0.1, 0.15) is 11.5 Å². The lowest BCUT2D eigenvalue weighted by Crippen LogP contribution is -2.01. The molecule has 20 heavy (non-hydrogen) atoms. The molecule has 0 fully saturated rings. The van der Waals surface area contributed by atoms with Crippen LogP contribution in [0.25, 0.3) is 0 Å². The summed E-state index contributed by atoms with van der Waals surface area (Å²) in [6, 6.07) is 0. The van der Waals surface area contributed by atoms with E-state index in [0.29, 0.717) is 24.7 Å². The van der Waals surface area contributed by atoms with Crippen molar-refractivity contribution in [1.82, 2.24) is 0 Å². The molecular weight excluding hydrogens is 256 g/mol. The second-order valence-electron chi connectivity index (χ2n) is 4.10. The zero-order valence-electron chi connectivity index (χ0n) is 12.2. The predicted molar refractivity (Wildman–Crippen MR) is 80.0 cm³/mol. The maximum Gasteiger partial charge on any atom is 0.330 e. The number of methoxy groups -OCH3 is 1. The van der Waals surface area contributed by atoms with Crippen molar-refractivity contribution in [3.63, 3.8) is 0 Å². The van der Waals surface area contributed by atoms with Crippen LogP contribution < -0.4 is 0 Å². The maximum atomic E-state index is 10.8. The molecule has 0 unspecified atom stereocenters. The first-order valence-corrected chi connectivity index (χ1v) is 6.62. The fourth-order valence-electron chi connectivity index (χ4n) is 1.29. The standard InChI is InChI=1S/C16H24O4/c1-5-16(17)20-13-9-7-6-8-12-19-15(3)11-10-14(2)18-4/h5,10-11H,1-3,6-9,12-13H2,4H3/b11-10-. The molecule has 0 aromatic carbocycles. The predicted octanol–water partition coefficient (Wildman–Crippen LogP) is 3.52. The van der Waals surface area contributed by atoms with Crippen molar-refractivity contribution in [2.75, 3.05) is 20.3 Å². The van der Waals surface area contributed by atoms with E-state index < -0.39 is 0 Å². The van der Waals surface area contributed by atoms with Crippen molar-refractivity contribution in [2.24, 2.45) is 0 Å². The molecular formula is C16H24O4. The van der Waals surface area contributed by atoms with Crippen molar-refractivity contribution in [2.45, 2.75) is 25.7 Å². The van der Waals surface area contributed by atoms with E-state index in [1.165, 1.54) is 6.08 Å². The summed E-state index contributed by atoms with van der Waals surface area (Å²) < 4.78 is 15.2. The first-order valence-electron chi connectivity index (χ1n) is 6.62. The summed E-state index contributed by atoms with van der Waals surface area (Å²) in [5, 5.41) is 0. The number of allylic oxidation sites excluding steroid dienone is 2. The van der Waals surface area contributed by atoms with Gasteiger partial charge in [0.05, 0.1) is 20.3 Å². The van der Waals surface area contributed by atoms with Crippen LogP contribution in [0.2, 0.25) is 0 Å². The molecule has 0 radical (unpaired) electrons. The number of unbranched alkanes of at least 4 members (excludes halogenated alkanes) is 3. The third kappa shape index (κ3) is 11.1. The van der Waals surface area contributed by atoms with Crippen LogP contribution in [0, 0.1) is 0 Å². The third-order valence-electron chi connectivity index (χ3n) is 2.45. The fraction of sp³-hybridized carbons (Fsp3) is 0.438. The zero-order chi connectivity index (χ0) is 15.2. The summed E-state index contributed by atoms with van der Waals surface area (Å²) in [4.78, 5) is 10.8. The van der Waals surface area contributed by atoms with Crippen molar-refractivity contribution in [3.05, 3.63) is 49.5 Å². The van der Waals surface area contributed by atoms with Crippen molar-refractivity contribution < 1.29 is 19.0 Å². The molecule has 0 aliphatic carbocycles. The van der Waals surface area contributed by atoms with Crippen LogP contribution in [0.5, 0.6) is 0 Å². The molecule has 0 saturated heterocycles. The Morgan fingerprint density at radius 3 is 2.05 bits per heavy atom. The molecule has 0 amide bonds. The van der Waals surface area contributed by atoms with E-state index in [-0.39, 0.29) is 5.97 Å². The van der Waals surface area contributed by atoms with Crippen molar-refractivity contribution in [1.29, 1.82) is 0 Å². The van der Waals surface area contributed by atoms with Gasteiger partial charge in [-0.3, -0.25) is 0 Å². The number of ether oxygens (including phenoxy) is 3. The normalized spacial score (nSPS) is 10.1. The number of carbonyl (C=O) groups excluding carboxylic acids is 1. The Bertz CT molecular complexity index is 355. The second kappa shape index (κ2) is 12.1.